The van der Waals surface area contributed by atoms with E-state index in [-0.39, 0.29) is 12.5 Å². The Balaban J connectivity index is 1.24. The molecule has 8 nitrogen and oxygen atoms in total. The third kappa shape index (κ3) is 3.15. The lowest BCUT2D eigenvalue weighted by Crippen LogP contribution is -2.19. The maximum atomic E-state index is 12.5. The fourth-order valence-corrected chi connectivity index (χ4v) is 4.59. The van der Waals surface area contributed by atoms with Crippen molar-refractivity contribution in [2.24, 2.45) is 0 Å². The summed E-state index contributed by atoms with van der Waals surface area (Å²) in [6.45, 7) is 0.206. The van der Waals surface area contributed by atoms with Crippen LogP contribution in [0.15, 0.2) is 42.9 Å². The normalized spacial score (nSPS) is 15.4. The second kappa shape index (κ2) is 6.94. The highest BCUT2D eigenvalue weighted by atomic mass is 16.2. The predicted molar refractivity (Wildman–Crippen MR) is 118 cm³/mol. The molecule has 1 aromatic carbocycles. The van der Waals surface area contributed by atoms with Crippen molar-refractivity contribution in [1.82, 2.24) is 24.3 Å². The van der Waals surface area contributed by atoms with Crippen molar-refractivity contribution >= 4 is 28.4 Å². The van der Waals surface area contributed by atoms with Crippen molar-refractivity contribution in [3.8, 4) is 5.69 Å². The Kier molecular flexibility index (Phi) is 4.05. The first-order valence-corrected chi connectivity index (χ1v) is 10.7. The van der Waals surface area contributed by atoms with E-state index in [2.05, 4.69) is 25.0 Å². The third-order valence-electron chi connectivity index (χ3n) is 6.19. The fourth-order valence-electron chi connectivity index (χ4n) is 4.59. The highest BCUT2D eigenvalue weighted by Gasteiger charge is 2.26. The number of anilines is 2. The van der Waals surface area contributed by atoms with Crippen LogP contribution in [0, 0.1) is 0 Å². The lowest BCUT2D eigenvalue weighted by molar-refractivity contribution is -0.116. The van der Waals surface area contributed by atoms with Crippen LogP contribution in [0.1, 0.15) is 42.1 Å². The largest absolute Gasteiger partial charge is 0.382 e. The molecule has 6 rings (SSSR count). The molecular weight excluding hydrogens is 390 g/mol. The summed E-state index contributed by atoms with van der Waals surface area (Å²) in [5.74, 6) is 0.979. The van der Waals surface area contributed by atoms with E-state index in [9.17, 15) is 4.79 Å². The summed E-state index contributed by atoms with van der Waals surface area (Å²) in [6.07, 6.45) is 8.94. The SMILES string of the molecule is Nc1ncnc2c3c(n(-c4ccc(NC(=O)Cn5ccc(C6CC6)n5)cc4)c12)CCC3. The van der Waals surface area contributed by atoms with Gasteiger partial charge in [0, 0.05) is 29.2 Å². The van der Waals surface area contributed by atoms with Gasteiger partial charge in [-0.15, -0.1) is 0 Å². The maximum Gasteiger partial charge on any atom is 0.246 e. The van der Waals surface area contributed by atoms with Gasteiger partial charge in [0.2, 0.25) is 5.91 Å². The quantitative estimate of drug-likeness (QED) is 0.523. The topological polar surface area (TPSA) is 104 Å². The van der Waals surface area contributed by atoms with E-state index in [0.29, 0.717) is 11.7 Å². The number of hydrogen-bond donors (Lipinski definition) is 2. The predicted octanol–water partition coefficient (Wildman–Crippen LogP) is 3.20. The molecule has 2 aliphatic rings. The number of aromatic nitrogens is 5. The first-order valence-electron chi connectivity index (χ1n) is 10.7. The zero-order valence-corrected chi connectivity index (χ0v) is 17.1. The zero-order chi connectivity index (χ0) is 20.9. The smallest absolute Gasteiger partial charge is 0.246 e. The molecule has 1 fully saturated rings. The summed E-state index contributed by atoms with van der Waals surface area (Å²) in [7, 11) is 0. The Labute approximate surface area is 179 Å². The number of benzene rings is 1. The van der Waals surface area contributed by atoms with Gasteiger partial charge in [-0.2, -0.15) is 5.10 Å². The van der Waals surface area contributed by atoms with E-state index >= 15 is 0 Å². The summed E-state index contributed by atoms with van der Waals surface area (Å²) >= 11 is 0. The molecule has 8 heteroatoms. The van der Waals surface area contributed by atoms with Crippen LogP contribution >= 0.6 is 0 Å². The van der Waals surface area contributed by atoms with E-state index < -0.39 is 0 Å². The molecule has 156 valence electrons. The Morgan fingerprint density at radius 2 is 1.97 bits per heavy atom. The fraction of sp³-hybridized carbons (Fsp3) is 0.304. The van der Waals surface area contributed by atoms with Crippen LogP contribution in [0.25, 0.3) is 16.7 Å². The first kappa shape index (κ1) is 18.1. The molecule has 3 aromatic heterocycles. The standard InChI is InChI=1S/C23H23N7O/c24-23-22-21(25-13-26-23)17-2-1-3-19(17)30(22)16-8-6-15(7-9-16)27-20(31)12-29-11-10-18(28-29)14-4-5-14/h6-11,13-14H,1-5,12H2,(H,27,31)(H2,24,25,26). The Bertz CT molecular complexity index is 1300. The Morgan fingerprint density at radius 3 is 2.77 bits per heavy atom. The van der Waals surface area contributed by atoms with Crippen molar-refractivity contribution in [2.45, 2.75) is 44.6 Å². The van der Waals surface area contributed by atoms with Crippen LogP contribution in [-0.2, 0) is 24.2 Å². The van der Waals surface area contributed by atoms with Gasteiger partial charge in [-0.1, -0.05) is 0 Å². The van der Waals surface area contributed by atoms with Crippen LogP contribution in [0.4, 0.5) is 11.5 Å². The van der Waals surface area contributed by atoms with E-state index in [1.54, 1.807) is 4.68 Å². The van der Waals surface area contributed by atoms with Crippen molar-refractivity contribution in [3.63, 3.8) is 0 Å². The zero-order valence-electron chi connectivity index (χ0n) is 17.1. The number of nitrogens with two attached hydrogens (primary N) is 1. The molecule has 3 N–H and O–H groups in total. The molecule has 1 amide bonds. The minimum Gasteiger partial charge on any atom is -0.382 e. The first-order chi connectivity index (χ1) is 15.2. The molecule has 0 bridgehead atoms. The maximum absolute atomic E-state index is 12.5. The number of nitrogens with zero attached hydrogens (tertiary/aromatic N) is 5. The molecule has 4 aromatic rings. The van der Waals surface area contributed by atoms with Crippen LogP contribution in [0.3, 0.4) is 0 Å². The lowest BCUT2D eigenvalue weighted by Gasteiger charge is -2.12. The molecular formula is C23H23N7O. The van der Waals surface area contributed by atoms with Crippen LogP contribution in [0.5, 0.6) is 0 Å². The third-order valence-corrected chi connectivity index (χ3v) is 6.19. The van der Waals surface area contributed by atoms with E-state index in [1.807, 2.05) is 36.5 Å². The van der Waals surface area contributed by atoms with Gasteiger partial charge < -0.3 is 15.6 Å². The molecule has 31 heavy (non-hydrogen) atoms. The van der Waals surface area contributed by atoms with Gasteiger partial charge in [0.05, 0.1) is 11.2 Å². The average molecular weight is 413 g/mol. The number of carbonyl (C=O) groups is 1. The van der Waals surface area contributed by atoms with Crippen molar-refractivity contribution in [2.75, 3.05) is 11.1 Å². The molecule has 3 heterocycles. The molecule has 0 saturated heterocycles. The second-order valence-corrected chi connectivity index (χ2v) is 8.38. The summed E-state index contributed by atoms with van der Waals surface area (Å²) < 4.78 is 3.87. The van der Waals surface area contributed by atoms with E-state index in [0.717, 1.165) is 47.4 Å². The Morgan fingerprint density at radius 1 is 1.13 bits per heavy atom. The van der Waals surface area contributed by atoms with Crippen LogP contribution < -0.4 is 11.1 Å². The minimum absolute atomic E-state index is 0.0943. The number of hydrogen-bond acceptors (Lipinski definition) is 5. The van der Waals surface area contributed by atoms with Crippen molar-refractivity contribution in [1.29, 1.82) is 0 Å². The second-order valence-electron chi connectivity index (χ2n) is 8.38. The number of carbonyl (C=O) groups excluding carboxylic acids is 1. The highest BCUT2D eigenvalue weighted by molar-refractivity contribution is 5.92. The molecule has 1 saturated carbocycles. The number of fused-ring (bicyclic) bond motifs is 3. The summed E-state index contributed by atoms with van der Waals surface area (Å²) in [5, 5.41) is 7.46. The number of amides is 1. The average Bonchev–Trinajstić information content (AvgIpc) is 3.18. The summed E-state index contributed by atoms with van der Waals surface area (Å²) in [4.78, 5) is 21.1. The Hall–Kier alpha value is -3.68. The summed E-state index contributed by atoms with van der Waals surface area (Å²) in [6, 6.07) is 9.84. The molecule has 2 aliphatic carbocycles. The van der Waals surface area contributed by atoms with Crippen molar-refractivity contribution in [3.05, 3.63) is 59.8 Å². The van der Waals surface area contributed by atoms with Crippen LogP contribution in [0.2, 0.25) is 0 Å². The molecule has 0 atom stereocenters. The van der Waals surface area contributed by atoms with Gasteiger partial charge in [0.25, 0.3) is 0 Å². The monoisotopic (exact) mass is 413 g/mol. The number of rotatable bonds is 5. The lowest BCUT2D eigenvalue weighted by atomic mass is 10.2. The molecule has 0 aliphatic heterocycles. The van der Waals surface area contributed by atoms with E-state index in [1.165, 1.54) is 30.4 Å². The minimum atomic E-state index is -0.0943. The highest BCUT2D eigenvalue weighted by Crippen LogP contribution is 2.39. The van der Waals surface area contributed by atoms with Gasteiger partial charge in [-0.05, 0) is 68.0 Å². The number of nitrogens with one attached hydrogen (secondary N) is 1. The van der Waals surface area contributed by atoms with Gasteiger partial charge >= 0.3 is 0 Å². The number of nitrogen functional groups attached to an aromatic ring is 1. The van der Waals surface area contributed by atoms with Crippen LogP contribution in [-0.4, -0.2) is 30.2 Å². The summed E-state index contributed by atoms with van der Waals surface area (Å²) in [5.41, 5.74) is 13.4. The van der Waals surface area contributed by atoms with Crippen molar-refractivity contribution < 1.29 is 4.79 Å². The van der Waals surface area contributed by atoms with Gasteiger partial charge in [-0.3, -0.25) is 9.48 Å². The molecule has 0 radical (unpaired) electrons. The van der Waals surface area contributed by atoms with Gasteiger partial charge in [0.15, 0.2) is 5.82 Å². The van der Waals surface area contributed by atoms with Gasteiger partial charge in [0.1, 0.15) is 18.4 Å². The molecule has 0 unspecified atom stereocenters. The van der Waals surface area contributed by atoms with Gasteiger partial charge in [-0.25, -0.2) is 9.97 Å². The van der Waals surface area contributed by atoms with E-state index in [4.69, 9.17) is 5.73 Å². The molecule has 0 spiro atoms. The number of aryl methyl sites for hydroxylation is 1.